The first-order valence-electron chi connectivity index (χ1n) is 4.55. The van der Waals surface area contributed by atoms with Crippen LogP contribution in [0.4, 0.5) is 5.69 Å². The van der Waals surface area contributed by atoms with E-state index in [2.05, 4.69) is 0 Å². The molecule has 0 atom stereocenters. The Morgan fingerprint density at radius 1 is 1.40 bits per heavy atom. The molecule has 15 heavy (non-hydrogen) atoms. The lowest BCUT2D eigenvalue weighted by molar-refractivity contribution is 0.146. The van der Waals surface area contributed by atoms with Crippen LogP contribution in [-0.4, -0.2) is 27.4 Å². The molecule has 0 heterocycles. The van der Waals surface area contributed by atoms with E-state index in [1.807, 2.05) is 6.07 Å². The molecule has 2 N–H and O–H groups in total. The number of hydrogen-bond acceptors (Lipinski definition) is 4. The van der Waals surface area contributed by atoms with E-state index in [4.69, 9.17) is 26.9 Å². The Balaban J connectivity index is 2.66. The van der Waals surface area contributed by atoms with Gasteiger partial charge in [-0.15, -0.1) is 0 Å². The van der Waals surface area contributed by atoms with Crippen molar-refractivity contribution in [2.45, 2.75) is 0 Å². The van der Waals surface area contributed by atoms with Gasteiger partial charge in [-0.1, -0.05) is 11.6 Å². The van der Waals surface area contributed by atoms with Crippen LogP contribution in [0, 0.1) is 0 Å². The van der Waals surface area contributed by atoms with Gasteiger partial charge >= 0.3 is 0 Å². The molecule has 0 saturated carbocycles. The first-order valence-corrected chi connectivity index (χ1v) is 4.92. The molecule has 1 aromatic carbocycles. The van der Waals surface area contributed by atoms with Crippen molar-refractivity contribution < 1.29 is 9.47 Å². The zero-order valence-electron chi connectivity index (χ0n) is 8.87. The summed E-state index contributed by atoms with van der Waals surface area (Å²) < 4.78 is 10.3. The fourth-order valence-electron chi connectivity index (χ4n) is 1.06. The largest absolute Gasteiger partial charge is 0.490 e. The van der Waals surface area contributed by atoms with Crippen LogP contribution in [-0.2, 0) is 4.74 Å². The number of hydrogen-bond donors (Lipinski definition) is 1. The number of halogens is 1. The van der Waals surface area contributed by atoms with Gasteiger partial charge in [0.15, 0.2) is 0 Å². The number of benzene rings is 1. The summed E-state index contributed by atoms with van der Waals surface area (Å²) in [4.78, 5) is 0. The molecule has 0 fully saturated rings. The Labute approximate surface area is 94.5 Å². The molecule has 1 rings (SSSR count). The van der Waals surface area contributed by atoms with Crippen molar-refractivity contribution in [2.75, 3.05) is 32.4 Å². The predicted octanol–water partition coefficient (Wildman–Crippen LogP) is 1.68. The normalized spacial score (nSPS) is 10.1. The number of rotatable bonds is 5. The van der Waals surface area contributed by atoms with E-state index >= 15 is 0 Å². The molecule has 1 aromatic rings. The summed E-state index contributed by atoms with van der Waals surface area (Å²) in [7, 11) is 3.37. The minimum atomic E-state index is 0.480. The van der Waals surface area contributed by atoms with Gasteiger partial charge in [-0.3, -0.25) is 0 Å². The van der Waals surface area contributed by atoms with Crippen molar-refractivity contribution >= 4 is 17.3 Å². The molecular weight excluding hydrogens is 216 g/mol. The van der Waals surface area contributed by atoms with E-state index in [0.29, 0.717) is 24.0 Å². The van der Waals surface area contributed by atoms with Crippen LogP contribution >= 0.6 is 11.6 Å². The van der Waals surface area contributed by atoms with Gasteiger partial charge in [0.1, 0.15) is 12.4 Å². The molecule has 0 unspecified atom stereocenters. The van der Waals surface area contributed by atoms with Gasteiger partial charge < -0.3 is 14.5 Å². The average Bonchev–Trinajstić information content (AvgIpc) is 2.20. The highest BCUT2D eigenvalue weighted by molar-refractivity contribution is 6.32. The highest BCUT2D eigenvalue weighted by Gasteiger charge is 2.04. The van der Waals surface area contributed by atoms with Crippen molar-refractivity contribution in [3.63, 3.8) is 0 Å². The SMILES string of the molecule is COCCOc1ccc(N(C)N)cc1Cl. The van der Waals surface area contributed by atoms with Gasteiger partial charge in [0.2, 0.25) is 0 Å². The first kappa shape index (κ1) is 12.1. The van der Waals surface area contributed by atoms with Crippen LogP contribution < -0.4 is 15.6 Å². The fourth-order valence-corrected chi connectivity index (χ4v) is 1.29. The lowest BCUT2D eigenvalue weighted by Crippen LogP contribution is -2.24. The molecule has 84 valence electrons. The number of methoxy groups -OCH3 is 1. The smallest absolute Gasteiger partial charge is 0.138 e. The summed E-state index contributed by atoms with van der Waals surface area (Å²) in [5.74, 6) is 6.21. The number of hydrazine groups is 1. The number of nitrogens with two attached hydrogens (primary N) is 1. The summed E-state index contributed by atoms with van der Waals surface area (Å²) in [5.41, 5.74) is 0.832. The number of ether oxygens (including phenoxy) is 2. The maximum Gasteiger partial charge on any atom is 0.138 e. The Kier molecular flexibility index (Phi) is 4.68. The van der Waals surface area contributed by atoms with Crippen molar-refractivity contribution in [1.29, 1.82) is 0 Å². The topological polar surface area (TPSA) is 47.7 Å². The molecule has 5 heteroatoms. The van der Waals surface area contributed by atoms with Gasteiger partial charge in [-0.25, -0.2) is 5.84 Å². The first-order chi connectivity index (χ1) is 7.15. The highest BCUT2D eigenvalue weighted by Crippen LogP contribution is 2.28. The Bertz CT molecular complexity index is 318. The third-order valence-corrected chi connectivity index (χ3v) is 2.16. The van der Waals surface area contributed by atoms with E-state index in [1.165, 1.54) is 5.01 Å². The second kappa shape index (κ2) is 5.80. The molecule has 0 spiro atoms. The van der Waals surface area contributed by atoms with E-state index in [1.54, 1.807) is 26.3 Å². The zero-order valence-corrected chi connectivity index (χ0v) is 9.62. The third kappa shape index (κ3) is 3.58. The summed E-state index contributed by atoms with van der Waals surface area (Å²) in [6, 6.07) is 5.38. The van der Waals surface area contributed by atoms with E-state index < -0.39 is 0 Å². The molecule has 0 saturated heterocycles. The van der Waals surface area contributed by atoms with Crippen LogP contribution in [0.1, 0.15) is 0 Å². The highest BCUT2D eigenvalue weighted by atomic mass is 35.5. The molecular formula is C10H15ClN2O2. The molecule has 4 nitrogen and oxygen atoms in total. The summed E-state index contributed by atoms with van der Waals surface area (Å²) >= 11 is 6.00. The van der Waals surface area contributed by atoms with Gasteiger partial charge in [0, 0.05) is 14.2 Å². The standard InChI is InChI=1S/C10H15ClN2O2/c1-13(12)8-3-4-10(9(11)7-8)15-6-5-14-2/h3-4,7H,5-6,12H2,1-2H3. The molecule has 0 aliphatic carbocycles. The molecule has 0 radical (unpaired) electrons. The summed E-state index contributed by atoms with van der Waals surface area (Å²) in [6.45, 7) is 1.02. The Hall–Kier alpha value is -0.970. The lowest BCUT2D eigenvalue weighted by Gasteiger charge is -2.14. The lowest BCUT2D eigenvalue weighted by atomic mass is 10.3. The average molecular weight is 231 g/mol. The summed E-state index contributed by atoms with van der Waals surface area (Å²) in [6.07, 6.45) is 0. The maximum absolute atomic E-state index is 6.00. The van der Waals surface area contributed by atoms with Crippen LogP contribution in [0.5, 0.6) is 5.75 Å². The van der Waals surface area contributed by atoms with Crippen LogP contribution in [0.15, 0.2) is 18.2 Å². The van der Waals surface area contributed by atoms with Gasteiger partial charge in [0.25, 0.3) is 0 Å². The van der Waals surface area contributed by atoms with Gasteiger partial charge in [-0.2, -0.15) is 0 Å². The van der Waals surface area contributed by atoms with Crippen molar-refractivity contribution in [3.8, 4) is 5.75 Å². The molecule has 0 aromatic heterocycles. The Morgan fingerprint density at radius 2 is 2.13 bits per heavy atom. The van der Waals surface area contributed by atoms with Crippen LogP contribution in [0.2, 0.25) is 5.02 Å². The molecule has 0 aliphatic rings. The van der Waals surface area contributed by atoms with Gasteiger partial charge in [0.05, 0.1) is 17.3 Å². The number of nitrogens with zero attached hydrogens (tertiary/aromatic N) is 1. The minimum Gasteiger partial charge on any atom is -0.490 e. The van der Waals surface area contributed by atoms with Crippen molar-refractivity contribution in [2.24, 2.45) is 5.84 Å². The number of anilines is 1. The third-order valence-electron chi connectivity index (χ3n) is 1.87. The summed E-state index contributed by atoms with van der Waals surface area (Å²) in [5, 5.41) is 2.03. The predicted molar refractivity (Wildman–Crippen MR) is 61.4 cm³/mol. The zero-order chi connectivity index (χ0) is 11.3. The second-order valence-electron chi connectivity index (χ2n) is 3.07. The Morgan fingerprint density at radius 3 is 2.67 bits per heavy atom. The van der Waals surface area contributed by atoms with Gasteiger partial charge in [-0.05, 0) is 18.2 Å². The molecule has 0 bridgehead atoms. The fraction of sp³-hybridized carbons (Fsp3) is 0.400. The van der Waals surface area contributed by atoms with Crippen LogP contribution in [0.3, 0.4) is 0 Å². The minimum absolute atomic E-state index is 0.480. The molecule has 0 amide bonds. The second-order valence-corrected chi connectivity index (χ2v) is 3.47. The quantitative estimate of drug-likeness (QED) is 0.475. The van der Waals surface area contributed by atoms with E-state index in [-0.39, 0.29) is 0 Å². The maximum atomic E-state index is 6.00. The van der Waals surface area contributed by atoms with Crippen molar-refractivity contribution in [1.82, 2.24) is 0 Å². The van der Waals surface area contributed by atoms with Crippen LogP contribution in [0.25, 0.3) is 0 Å². The molecule has 0 aliphatic heterocycles. The monoisotopic (exact) mass is 230 g/mol. The van der Waals surface area contributed by atoms with E-state index in [9.17, 15) is 0 Å². The van der Waals surface area contributed by atoms with E-state index in [0.717, 1.165) is 5.69 Å². The van der Waals surface area contributed by atoms with Crippen molar-refractivity contribution in [3.05, 3.63) is 23.2 Å².